The van der Waals surface area contributed by atoms with Crippen LogP contribution in [0.4, 0.5) is 0 Å². The zero-order valence-electron chi connectivity index (χ0n) is 13.7. The Balaban J connectivity index is 1.84. The molecule has 0 heterocycles. The van der Waals surface area contributed by atoms with Gasteiger partial charge in [0.25, 0.3) is 5.91 Å². The lowest BCUT2D eigenvalue weighted by Crippen LogP contribution is -2.28. The molecule has 2 aromatic carbocycles. The third-order valence-electron chi connectivity index (χ3n) is 3.97. The van der Waals surface area contributed by atoms with Gasteiger partial charge in [0.15, 0.2) is 0 Å². The molecule has 0 bridgehead atoms. The van der Waals surface area contributed by atoms with Crippen LogP contribution in [0.15, 0.2) is 36.4 Å². The Morgan fingerprint density at radius 2 is 1.77 bits per heavy atom. The van der Waals surface area contributed by atoms with Gasteiger partial charge in [-0.15, -0.1) is 0 Å². The van der Waals surface area contributed by atoms with E-state index < -0.39 is 0 Å². The van der Waals surface area contributed by atoms with Gasteiger partial charge in [-0.25, -0.2) is 0 Å². The Morgan fingerprint density at radius 3 is 2.50 bits per heavy atom. The summed E-state index contributed by atoms with van der Waals surface area (Å²) < 4.78 is 5.73. The number of nitrogens with one attached hydrogen (secondary N) is 1. The van der Waals surface area contributed by atoms with E-state index in [1.54, 1.807) is 0 Å². The zero-order valence-corrected chi connectivity index (χ0v) is 13.7. The number of carbonyl (C=O) groups excluding carboxylic acids is 1. The zero-order chi connectivity index (χ0) is 16.1. The maximum Gasteiger partial charge on any atom is 0.251 e. The molecule has 0 aromatic heterocycles. The maximum absolute atomic E-state index is 12.1. The average molecular weight is 297 g/mol. The Hall–Kier alpha value is -2.29. The fourth-order valence-electron chi connectivity index (χ4n) is 2.19. The van der Waals surface area contributed by atoms with Crippen molar-refractivity contribution in [2.24, 2.45) is 0 Å². The molecule has 0 fully saturated rings. The maximum atomic E-state index is 12.1. The van der Waals surface area contributed by atoms with Crippen LogP contribution in [0.5, 0.6) is 5.75 Å². The number of ether oxygens (including phenoxy) is 1. The molecule has 1 N–H and O–H groups in total. The number of hydrogen-bond donors (Lipinski definition) is 1. The van der Waals surface area contributed by atoms with Crippen molar-refractivity contribution in [1.82, 2.24) is 5.32 Å². The van der Waals surface area contributed by atoms with Crippen molar-refractivity contribution in [2.45, 2.75) is 27.7 Å². The Morgan fingerprint density at radius 1 is 1.00 bits per heavy atom. The summed E-state index contributed by atoms with van der Waals surface area (Å²) in [6, 6.07) is 11.7. The van der Waals surface area contributed by atoms with Crippen LogP contribution >= 0.6 is 0 Å². The van der Waals surface area contributed by atoms with Crippen molar-refractivity contribution >= 4 is 5.91 Å². The van der Waals surface area contributed by atoms with Gasteiger partial charge in [-0.2, -0.15) is 0 Å². The molecule has 0 aliphatic heterocycles. The van der Waals surface area contributed by atoms with Gasteiger partial charge >= 0.3 is 0 Å². The highest BCUT2D eigenvalue weighted by Crippen LogP contribution is 2.20. The van der Waals surface area contributed by atoms with Crippen molar-refractivity contribution in [3.8, 4) is 5.75 Å². The second-order valence-corrected chi connectivity index (χ2v) is 5.60. The first-order valence-corrected chi connectivity index (χ1v) is 7.53. The first-order valence-electron chi connectivity index (χ1n) is 7.53. The van der Waals surface area contributed by atoms with Gasteiger partial charge in [0.2, 0.25) is 0 Å². The molecule has 3 nitrogen and oxygen atoms in total. The van der Waals surface area contributed by atoms with Gasteiger partial charge in [-0.05, 0) is 68.1 Å². The van der Waals surface area contributed by atoms with E-state index in [9.17, 15) is 4.79 Å². The van der Waals surface area contributed by atoms with E-state index in [1.165, 1.54) is 11.1 Å². The standard InChI is InChI=1S/C19H23NO2/c1-13-8-9-17(12-15(13)3)19(21)20-10-11-22-18-7-5-6-14(2)16(18)4/h5-9,12H,10-11H2,1-4H3,(H,20,21). The summed E-state index contributed by atoms with van der Waals surface area (Å²) in [5, 5.41) is 2.89. The number of aryl methyl sites for hydroxylation is 3. The van der Waals surface area contributed by atoms with Crippen LogP contribution < -0.4 is 10.1 Å². The molecule has 22 heavy (non-hydrogen) atoms. The number of hydrogen-bond acceptors (Lipinski definition) is 2. The molecule has 116 valence electrons. The minimum absolute atomic E-state index is 0.0623. The Kier molecular flexibility index (Phi) is 5.21. The fourth-order valence-corrected chi connectivity index (χ4v) is 2.19. The molecule has 0 aliphatic carbocycles. The van der Waals surface area contributed by atoms with Gasteiger partial charge < -0.3 is 10.1 Å². The van der Waals surface area contributed by atoms with Crippen LogP contribution in [0.3, 0.4) is 0 Å². The highest BCUT2D eigenvalue weighted by molar-refractivity contribution is 5.94. The minimum atomic E-state index is -0.0623. The van der Waals surface area contributed by atoms with Crippen LogP contribution in [0.25, 0.3) is 0 Å². The van der Waals surface area contributed by atoms with Gasteiger partial charge in [0.05, 0.1) is 6.54 Å². The topological polar surface area (TPSA) is 38.3 Å². The van der Waals surface area contributed by atoms with Crippen LogP contribution in [0.1, 0.15) is 32.6 Å². The average Bonchev–Trinajstić information content (AvgIpc) is 2.50. The van der Waals surface area contributed by atoms with Gasteiger partial charge in [-0.1, -0.05) is 18.2 Å². The Labute approximate surface area is 132 Å². The third kappa shape index (κ3) is 3.88. The second kappa shape index (κ2) is 7.12. The molecule has 2 rings (SSSR count). The molecule has 2 aromatic rings. The van der Waals surface area contributed by atoms with Gasteiger partial charge in [-0.3, -0.25) is 4.79 Å². The van der Waals surface area contributed by atoms with Crippen LogP contribution in [-0.2, 0) is 0 Å². The first kappa shape index (κ1) is 16.1. The summed E-state index contributed by atoms with van der Waals surface area (Å²) in [6.45, 7) is 9.09. The molecule has 0 unspecified atom stereocenters. The molecule has 1 amide bonds. The number of carbonyl (C=O) groups is 1. The normalized spacial score (nSPS) is 10.4. The molecular weight excluding hydrogens is 274 g/mol. The van der Waals surface area contributed by atoms with Crippen LogP contribution in [0.2, 0.25) is 0 Å². The number of benzene rings is 2. The van der Waals surface area contributed by atoms with E-state index in [1.807, 2.05) is 51.1 Å². The van der Waals surface area contributed by atoms with Crippen LogP contribution in [0, 0.1) is 27.7 Å². The lowest BCUT2D eigenvalue weighted by Gasteiger charge is -2.11. The minimum Gasteiger partial charge on any atom is -0.491 e. The van der Waals surface area contributed by atoms with E-state index in [0.29, 0.717) is 18.7 Å². The molecule has 0 saturated heterocycles. The van der Waals surface area contributed by atoms with Crippen molar-refractivity contribution in [3.05, 3.63) is 64.2 Å². The molecule has 0 radical (unpaired) electrons. The monoisotopic (exact) mass is 297 g/mol. The quantitative estimate of drug-likeness (QED) is 0.854. The van der Waals surface area contributed by atoms with Crippen molar-refractivity contribution in [2.75, 3.05) is 13.2 Å². The van der Waals surface area contributed by atoms with E-state index in [4.69, 9.17) is 4.74 Å². The molecule has 3 heteroatoms. The SMILES string of the molecule is Cc1ccc(C(=O)NCCOc2cccc(C)c2C)cc1C. The molecule has 0 atom stereocenters. The highest BCUT2D eigenvalue weighted by atomic mass is 16.5. The first-order chi connectivity index (χ1) is 10.5. The second-order valence-electron chi connectivity index (χ2n) is 5.60. The predicted octanol–water partition coefficient (Wildman–Crippen LogP) is 3.73. The fraction of sp³-hybridized carbons (Fsp3) is 0.316. The van der Waals surface area contributed by atoms with Gasteiger partial charge in [0.1, 0.15) is 12.4 Å². The summed E-state index contributed by atoms with van der Waals surface area (Å²) in [5.41, 5.74) is 5.35. The van der Waals surface area contributed by atoms with E-state index in [0.717, 1.165) is 16.9 Å². The third-order valence-corrected chi connectivity index (χ3v) is 3.97. The number of amides is 1. The van der Waals surface area contributed by atoms with Crippen molar-refractivity contribution < 1.29 is 9.53 Å². The lowest BCUT2D eigenvalue weighted by molar-refractivity contribution is 0.0947. The molecule has 0 spiro atoms. The highest BCUT2D eigenvalue weighted by Gasteiger charge is 2.06. The molecule has 0 saturated carbocycles. The predicted molar refractivity (Wildman–Crippen MR) is 89.7 cm³/mol. The molecule has 0 aliphatic rings. The lowest BCUT2D eigenvalue weighted by atomic mass is 10.1. The summed E-state index contributed by atoms with van der Waals surface area (Å²) in [5.74, 6) is 0.813. The summed E-state index contributed by atoms with van der Waals surface area (Å²) in [7, 11) is 0. The Bertz CT molecular complexity index is 677. The molecular formula is C19H23NO2. The van der Waals surface area contributed by atoms with E-state index in [-0.39, 0.29) is 5.91 Å². The smallest absolute Gasteiger partial charge is 0.251 e. The van der Waals surface area contributed by atoms with E-state index >= 15 is 0 Å². The summed E-state index contributed by atoms with van der Waals surface area (Å²) in [6.07, 6.45) is 0. The summed E-state index contributed by atoms with van der Waals surface area (Å²) >= 11 is 0. The summed E-state index contributed by atoms with van der Waals surface area (Å²) in [4.78, 5) is 12.1. The van der Waals surface area contributed by atoms with Gasteiger partial charge in [0, 0.05) is 5.56 Å². The van der Waals surface area contributed by atoms with Crippen molar-refractivity contribution in [1.29, 1.82) is 0 Å². The van der Waals surface area contributed by atoms with Crippen LogP contribution in [-0.4, -0.2) is 19.1 Å². The largest absolute Gasteiger partial charge is 0.491 e. The number of rotatable bonds is 5. The van der Waals surface area contributed by atoms with E-state index in [2.05, 4.69) is 18.3 Å². The van der Waals surface area contributed by atoms with Crippen molar-refractivity contribution in [3.63, 3.8) is 0 Å².